The number of aryl methyl sites for hydroxylation is 1. The molecule has 1 aromatic heterocycles. The van der Waals surface area contributed by atoms with E-state index in [1.54, 1.807) is 0 Å². The fraction of sp³-hybridized carbons (Fsp3) is 0.304. The van der Waals surface area contributed by atoms with Gasteiger partial charge in [0.2, 0.25) is 11.8 Å². The number of rotatable bonds is 7. The van der Waals surface area contributed by atoms with Gasteiger partial charge in [0.25, 0.3) is 0 Å². The van der Waals surface area contributed by atoms with Crippen LogP contribution >= 0.6 is 0 Å². The van der Waals surface area contributed by atoms with Gasteiger partial charge in [-0.25, -0.2) is 4.98 Å². The molecule has 1 aliphatic rings. The molecule has 3 aromatic rings. The van der Waals surface area contributed by atoms with Crippen molar-refractivity contribution in [2.45, 2.75) is 13.5 Å². The molecule has 0 spiro atoms. The van der Waals surface area contributed by atoms with Crippen LogP contribution in [0, 0.1) is 6.92 Å². The average molecular weight is 406 g/mol. The Bertz CT molecular complexity index is 995. The van der Waals surface area contributed by atoms with Crippen molar-refractivity contribution in [3.63, 3.8) is 0 Å². The highest BCUT2D eigenvalue weighted by molar-refractivity contribution is 5.75. The lowest BCUT2D eigenvalue weighted by Crippen LogP contribution is -2.48. The standard InChI is InChI=1S/C23H26N4O3/c1-17-21(15-26-10-12-27(13-11-26)16-22(24)28)25-23(29-17)18-6-5-9-20(14-18)30-19-7-3-2-4-8-19/h2-9,14H,10-13,15-16H2,1H3,(H2,24,28). The minimum atomic E-state index is -0.279. The second kappa shape index (κ2) is 9.11. The van der Waals surface area contributed by atoms with E-state index in [-0.39, 0.29) is 5.91 Å². The van der Waals surface area contributed by atoms with E-state index >= 15 is 0 Å². The second-order valence-electron chi connectivity index (χ2n) is 7.48. The molecule has 1 fully saturated rings. The van der Waals surface area contributed by atoms with Gasteiger partial charge in [-0.15, -0.1) is 0 Å². The summed E-state index contributed by atoms with van der Waals surface area (Å²) in [4.78, 5) is 20.2. The highest BCUT2D eigenvalue weighted by Crippen LogP contribution is 2.28. The number of hydrogen-bond acceptors (Lipinski definition) is 6. The van der Waals surface area contributed by atoms with Gasteiger partial charge in [-0.3, -0.25) is 14.6 Å². The van der Waals surface area contributed by atoms with Crippen LogP contribution in [-0.2, 0) is 11.3 Å². The Morgan fingerprint density at radius 1 is 1.03 bits per heavy atom. The molecule has 30 heavy (non-hydrogen) atoms. The first-order valence-electron chi connectivity index (χ1n) is 10.1. The van der Waals surface area contributed by atoms with Crippen molar-refractivity contribution < 1.29 is 13.9 Å². The van der Waals surface area contributed by atoms with E-state index in [9.17, 15) is 4.79 Å². The van der Waals surface area contributed by atoms with Crippen LogP contribution in [-0.4, -0.2) is 53.4 Å². The highest BCUT2D eigenvalue weighted by Gasteiger charge is 2.21. The van der Waals surface area contributed by atoms with Crippen molar-refractivity contribution in [3.05, 3.63) is 66.1 Å². The van der Waals surface area contributed by atoms with Gasteiger partial charge in [0.05, 0.1) is 12.2 Å². The zero-order valence-corrected chi connectivity index (χ0v) is 17.1. The van der Waals surface area contributed by atoms with Crippen LogP contribution in [0.4, 0.5) is 0 Å². The van der Waals surface area contributed by atoms with Crippen molar-refractivity contribution in [1.82, 2.24) is 14.8 Å². The lowest BCUT2D eigenvalue weighted by molar-refractivity contribution is -0.119. The van der Waals surface area contributed by atoms with Gasteiger partial charge in [0.1, 0.15) is 17.3 Å². The molecule has 0 bridgehead atoms. The minimum Gasteiger partial charge on any atom is -0.457 e. The Kier molecular flexibility index (Phi) is 6.11. The highest BCUT2D eigenvalue weighted by atomic mass is 16.5. The minimum absolute atomic E-state index is 0.279. The molecule has 0 unspecified atom stereocenters. The molecule has 2 aromatic carbocycles. The van der Waals surface area contributed by atoms with Gasteiger partial charge in [0, 0.05) is 38.3 Å². The Balaban J connectivity index is 1.42. The Morgan fingerprint density at radius 3 is 2.47 bits per heavy atom. The Morgan fingerprint density at radius 2 is 1.73 bits per heavy atom. The third kappa shape index (κ3) is 5.06. The third-order valence-corrected chi connectivity index (χ3v) is 5.17. The molecule has 1 amide bonds. The zero-order valence-electron chi connectivity index (χ0n) is 17.1. The Labute approximate surface area is 176 Å². The lowest BCUT2D eigenvalue weighted by Gasteiger charge is -2.33. The van der Waals surface area contributed by atoms with E-state index in [0.717, 1.165) is 61.2 Å². The molecule has 2 heterocycles. The van der Waals surface area contributed by atoms with E-state index in [1.165, 1.54) is 0 Å². The predicted molar refractivity (Wildman–Crippen MR) is 114 cm³/mol. The quantitative estimate of drug-likeness (QED) is 0.649. The van der Waals surface area contributed by atoms with Crippen molar-refractivity contribution in [2.75, 3.05) is 32.7 Å². The molecule has 4 rings (SSSR count). The van der Waals surface area contributed by atoms with E-state index in [1.807, 2.05) is 61.5 Å². The number of carbonyl (C=O) groups excluding carboxylic acids is 1. The molecule has 7 heteroatoms. The molecular formula is C23H26N4O3. The maximum Gasteiger partial charge on any atom is 0.231 e. The fourth-order valence-electron chi connectivity index (χ4n) is 3.55. The van der Waals surface area contributed by atoms with Crippen molar-refractivity contribution in [2.24, 2.45) is 5.73 Å². The van der Waals surface area contributed by atoms with Crippen LogP contribution in [0.25, 0.3) is 11.5 Å². The third-order valence-electron chi connectivity index (χ3n) is 5.17. The van der Waals surface area contributed by atoms with Gasteiger partial charge in [0.15, 0.2) is 0 Å². The van der Waals surface area contributed by atoms with Gasteiger partial charge >= 0.3 is 0 Å². The van der Waals surface area contributed by atoms with Gasteiger partial charge in [-0.05, 0) is 37.3 Å². The number of para-hydroxylation sites is 1. The number of amides is 1. The first-order chi connectivity index (χ1) is 14.6. The first-order valence-corrected chi connectivity index (χ1v) is 10.1. The number of aromatic nitrogens is 1. The van der Waals surface area contributed by atoms with Gasteiger partial charge in [-0.2, -0.15) is 0 Å². The summed E-state index contributed by atoms with van der Waals surface area (Å²) in [7, 11) is 0. The molecule has 2 N–H and O–H groups in total. The molecular weight excluding hydrogens is 380 g/mol. The first kappa shape index (κ1) is 20.1. The van der Waals surface area contributed by atoms with Crippen LogP contribution in [0.2, 0.25) is 0 Å². The number of hydrogen-bond donors (Lipinski definition) is 1. The molecule has 0 atom stereocenters. The number of nitrogens with two attached hydrogens (primary N) is 1. The average Bonchev–Trinajstić information content (AvgIpc) is 3.10. The summed E-state index contributed by atoms with van der Waals surface area (Å²) in [5, 5.41) is 0. The molecule has 0 aliphatic carbocycles. The van der Waals surface area contributed by atoms with Crippen LogP contribution in [0.5, 0.6) is 11.5 Å². The van der Waals surface area contributed by atoms with Gasteiger partial charge < -0.3 is 14.9 Å². The molecule has 156 valence electrons. The molecule has 7 nitrogen and oxygen atoms in total. The number of piperazine rings is 1. The summed E-state index contributed by atoms with van der Waals surface area (Å²) < 4.78 is 11.9. The Hall–Kier alpha value is -3.16. The maximum absolute atomic E-state index is 11.1. The van der Waals surface area contributed by atoms with Crippen LogP contribution in [0.15, 0.2) is 59.0 Å². The van der Waals surface area contributed by atoms with E-state index in [2.05, 4.69) is 9.80 Å². The summed E-state index contributed by atoms with van der Waals surface area (Å²) in [5.41, 5.74) is 7.10. The van der Waals surface area contributed by atoms with Crippen LogP contribution in [0.3, 0.4) is 0 Å². The monoisotopic (exact) mass is 406 g/mol. The summed E-state index contributed by atoms with van der Waals surface area (Å²) >= 11 is 0. The van der Waals surface area contributed by atoms with E-state index < -0.39 is 0 Å². The van der Waals surface area contributed by atoms with Gasteiger partial charge in [-0.1, -0.05) is 24.3 Å². The zero-order chi connectivity index (χ0) is 20.9. The molecule has 0 radical (unpaired) electrons. The molecule has 0 saturated carbocycles. The summed E-state index contributed by atoms with van der Waals surface area (Å²) in [6.07, 6.45) is 0. The topological polar surface area (TPSA) is 84.8 Å². The summed E-state index contributed by atoms with van der Waals surface area (Å²) in [5.74, 6) is 2.65. The number of ether oxygens (including phenoxy) is 1. The summed E-state index contributed by atoms with van der Waals surface area (Å²) in [6.45, 7) is 6.38. The van der Waals surface area contributed by atoms with E-state index in [0.29, 0.717) is 12.4 Å². The molecule has 1 saturated heterocycles. The fourth-order valence-corrected chi connectivity index (χ4v) is 3.55. The predicted octanol–water partition coefficient (Wildman–Crippen LogP) is 3.05. The van der Waals surface area contributed by atoms with Crippen LogP contribution in [0.1, 0.15) is 11.5 Å². The number of primary amides is 1. The SMILES string of the molecule is Cc1oc(-c2cccc(Oc3ccccc3)c2)nc1CN1CCN(CC(N)=O)CC1. The second-order valence-corrected chi connectivity index (χ2v) is 7.48. The number of oxazole rings is 1. The van der Waals surface area contributed by atoms with E-state index in [4.69, 9.17) is 19.9 Å². The smallest absolute Gasteiger partial charge is 0.231 e. The molecule has 1 aliphatic heterocycles. The normalized spacial score (nSPS) is 15.2. The van der Waals surface area contributed by atoms with Crippen molar-refractivity contribution in [3.8, 4) is 23.0 Å². The van der Waals surface area contributed by atoms with Crippen molar-refractivity contribution >= 4 is 5.91 Å². The number of benzene rings is 2. The number of carbonyl (C=O) groups is 1. The van der Waals surface area contributed by atoms with Crippen LogP contribution < -0.4 is 10.5 Å². The van der Waals surface area contributed by atoms with Crippen molar-refractivity contribution in [1.29, 1.82) is 0 Å². The lowest BCUT2D eigenvalue weighted by atomic mass is 10.2. The number of nitrogens with zero attached hydrogens (tertiary/aromatic N) is 3. The summed E-state index contributed by atoms with van der Waals surface area (Å²) in [6, 6.07) is 17.4. The largest absolute Gasteiger partial charge is 0.457 e. The maximum atomic E-state index is 11.1.